The number of rotatable bonds is 5. The third-order valence-electron chi connectivity index (χ3n) is 3.21. The maximum absolute atomic E-state index is 12.0. The molecule has 1 aromatic carbocycles. The van der Waals surface area contributed by atoms with Crippen molar-refractivity contribution in [2.24, 2.45) is 5.92 Å². The predicted octanol–water partition coefficient (Wildman–Crippen LogP) is 2.16. The first-order chi connectivity index (χ1) is 9.15. The fraction of sp³-hybridized carbons (Fsp3) is 0.533. The van der Waals surface area contributed by atoms with Gasteiger partial charge < -0.3 is 15.4 Å². The Labute approximate surface area is 114 Å². The van der Waals surface area contributed by atoms with Crippen molar-refractivity contribution in [2.75, 3.05) is 18.4 Å². The molecule has 0 radical (unpaired) electrons. The molecule has 1 fully saturated rings. The Hall–Kier alpha value is -1.39. The number of benzene rings is 1. The molecule has 1 aliphatic heterocycles. The largest absolute Gasteiger partial charge is 0.374 e. The van der Waals surface area contributed by atoms with Crippen molar-refractivity contribution in [3.63, 3.8) is 0 Å². The highest BCUT2D eigenvalue weighted by Crippen LogP contribution is 2.15. The van der Waals surface area contributed by atoms with Crippen molar-refractivity contribution in [2.45, 2.75) is 33.0 Å². The molecular weight excluding hydrogens is 240 g/mol. The number of ether oxygens (including phenoxy) is 1. The number of carbonyl (C=O) groups is 1. The minimum atomic E-state index is 0.0931. The molecule has 1 saturated heterocycles. The molecule has 1 aliphatic rings. The summed E-state index contributed by atoms with van der Waals surface area (Å²) in [6, 6.07) is 7.85. The Morgan fingerprint density at radius 1 is 1.53 bits per heavy atom. The molecule has 1 atom stereocenters. The molecule has 0 saturated carbocycles. The summed E-state index contributed by atoms with van der Waals surface area (Å²) in [6.45, 7) is 6.31. The van der Waals surface area contributed by atoms with Crippen LogP contribution in [0.5, 0.6) is 0 Å². The van der Waals surface area contributed by atoms with E-state index in [2.05, 4.69) is 10.6 Å². The molecule has 1 unspecified atom stereocenters. The zero-order chi connectivity index (χ0) is 13.7. The Bertz CT molecular complexity index is 426. The molecule has 19 heavy (non-hydrogen) atoms. The summed E-state index contributed by atoms with van der Waals surface area (Å²) in [5.74, 6) is 0.197. The normalized spacial score (nSPS) is 18.8. The van der Waals surface area contributed by atoms with E-state index in [0.717, 1.165) is 30.8 Å². The zero-order valence-corrected chi connectivity index (χ0v) is 11.6. The first-order valence-electron chi connectivity index (χ1n) is 6.87. The van der Waals surface area contributed by atoms with Gasteiger partial charge in [-0.3, -0.25) is 4.79 Å². The van der Waals surface area contributed by atoms with Crippen molar-refractivity contribution in [3.05, 3.63) is 29.8 Å². The molecule has 0 spiro atoms. The third-order valence-corrected chi connectivity index (χ3v) is 3.21. The van der Waals surface area contributed by atoms with Crippen LogP contribution in [0.25, 0.3) is 0 Å². The lowest BCUT2D eigenvalue weighted by molar-refractivity contribution is -0.119. The number of amides is 1. The third kappa shape index (κ3) is 4.33. The average Bonchev–Trinajstić information content (AvgIpc) is 2.91. The lowest BCUT2D eigenvalue weighted by Crippen LogP contribution is -2.24. The van der Waals surface area contributed by atoms with Crippen molar-refractivity contribution in [1.29, 1.82) is 0 Å². The van der Waals surface area contributed by atoms with E-state index in [4.69, 9.17) is 4.74 Å². The van der Waals surface area contributed by atoms with E-state index < -0.39 is 0 Å². The van der Waals surface area contributed by atoms with Crippen LogP contribution in [-0.4, -0.2) is 25.1 Å². The van der Waals surface area contributed by atoms with E-state index in [0.29, 0.717) is 6.61 Å². The highest BCUT2D eigenvalue weighted by molar-refractivity contribution is 5.92. The summed E-state index contributed by atoms with van der Waals surface area (Å²) in [6.07, 6.45) is 1.13. The van der Waals surface area contributed by atoms with Crippen LogP contribution in [0.3, 0.4) is 0 Å². The van der Waals surface area contributed by atoms with Crippen molar-refractivity contribution in [1.82, 2.24) is 5.32 Å². The first kappa shape index (κ1) is 14.0. The first-order valence-corrected chi connectivity index (χ1v) is 6.87. The lowest BCUT2D eigenvalue weighted by atomic mass is 10.1. The lowest BCUT2D eigenvalue weighted by Gasteiger charge is -2.12. The van der Waals surface area contributed by atoms with Gasteiger partial charge in [0.1, 0.15) is 0 Å². The number of nitrogens with one attached hydrogen (secondary N) is 2. The summed E-state index contributed by atoms with van der Waals surface area (Å²) in [7, 11) is 0. The molecule has 0 bridgehead atoms. The monoisotopic (exact) mass is 262 g/mol. The fourth-order valence-corrected chi connectivity index (χ4v) is 2.12. The average molecular weight is 262 g/mol. The van der Waals surface area contributed by atoms with Crippen LogP contribution in [0.15, 0.2) is 24.3 Å². The molecule has 4 nitrogen and oxygen atoms in total. The summed E-state index contributed by atoms with van der Waals surface area (Å²) in [5.41, 5.74) is 1.93. The van der Waals surface area contributed by atoms with Gasteiger partial charge in [-0.1, -0.05) is 12.1 Å². The topological polar surface area (TPSA) is 50.4 Å². The van der Waals surface area contributed by atoms with Gasteiger partial charge in [0.25, 0.3) is 0 Å². The van der Waals surface area contributed by atoms with Gasteiger partial charge in [0.15, 0.2) is 0 Å². The maximum Gasteiger partial charge on any atom is 0.228 e. The van der Waals surface area contributed by atoms with Crippen LogP contribution in [0, 0.1) is 5.92 Å². The maximum atomic E-state index is 12.0. The Kier molecular flexibility index (Phi) is 4.93. The Morgan fingerprint density at radius 2 is 2.37 bits per heavy atom. The SMILES string of the molecule is CC(C)OCc1cccc(NC(=O)C2CCNC2)c1. The standard InChI is InChI=1S/C15H22N2O2/c1-11(2)19-10-12-4-3-5-14(8-12)17-15(18)13-6-7-16-9-13/h3-5,8,11,13,16H,6-7,9-10H2,1-2H3,(H,17,18). The summed E-state index contributed by atoms with van der Waals surface area (Å²) in [4.78, 5) is 12.0. The van der Waals surface area contributed by atoms with Crippen LogP contribution < -0.4 is 10.6 Å². The van der Waals surface area contributed by atoms with Crippen molar-refractivity contribution in [3.8, 4) is 0 Å². The quantitative estimate of drug-likeness (QED) is 0.855. The van der Waals surface area contributed by atoms with Crippen LogP contribution in [0.4, 0.5) is 5.69 Å². The molecule has 1 heterocycles. The smallest absolute Gasteiger partial charge is 0.228 e. The van der Waals surface area contributed by atoms with Crippen molar-refractivity contribution >= 4 is 11.6 Å². The number of anilines is 1. The van der Waals surface area contributed by atoms with Gasteiger partial charge in [0, 0.05) is 12.2 Å². The highest BCUT2D eigenvalue weighted by atomic mass is 16.5. The second kappa shape index (κ2) is 6.68. The number of hydrogen-bond acceptors (Lipinski definition) is 3. The molecule has 2 N–H and O–H groups in total. The number of carbonyl (C=O) groups excluding carboxylic acids is 1. The highest BCUT2D eigenvalue weighted by Gasteiger charge is 2.22. The van der Waals surface area contributed by atoms with Crippen LogP contribution in [0.2, 0.25) is 0 Å². The van der Waals surface area contributed by atoms with Crippen LogP contribution in [-0.2, 0) is 16.1 Å². The van der Waals surface area contributed by atoms with E-state index in [-0.39, 0.29) is 17.9 Å². The minimum absolute atomic E-state index is 0.0931. The molecule has 104 valence electrons. The van der Waals surface area contributed by atoms with Gasteiger partial charge in [-0.2, -0.15) is 0 Å². The summed E-state index contributed by atoms with van der Waals surface area (Å²) in [5, 5.41) is 6.18. The van der Waals surface area contributed by atoms with E-state index in [1.54, 1.807) is 0 Å². The molecule has 0 aromatic heterocycles. The summed E-state index contributed by atoms with van der Waals surface area (Å²) >= 11 is 0. The minimum Gasteiger partial charge on any atom is -0.374 e. The molecule has 1 aromatic rings. The zero-order valence-electron chi connectivity index (χ0n) is 11.6. The molecule has 4 heteroatoms. The van der Waals surface area contributed by atoms with Crippen LogP contribution in [0.1, 0.15) is 25.8 Å². The van der Waals surface area contributed by atoms with Gasteiger partial charge in [0.2, 0.25) is 5.91 Å². The molecular formula is C15H22N2O2. The Balaban J connectivity index is 1.92. The van der Waals surface area contributed by atoms with E-state index in [9.17, 15) is 4.79 Å². The van der Waals surface area contributed by atoms with E-state index in [1.807, 2.05) is 38.1 Å². The summed E-state index contributed by atoms with van der Waals surface area (Å²) < 4.78 is 5.56. The predicted molar refractivity (Wildman–Crippen MR) is 76.0 cm³/mol. The second-order valence-corrected chi connectivity index (χ2v) is 5.24. The molecule has 0 aliphatic carbocycles. The van der Waals surface area contributed by atoms with E-state index in [1.165, 1.54) is 0 Å². The van der Waals surface area contributed by atoms with Gasteiger partial charge in [-0.15, -0.1) is 0 Å². The number of hydrogen-bond donors (Lipinski definition) is 2. The second-order valence-electron chi connectivity index (χ2n) is 5.24. The Morgan fingerprint density at radius 3 is 3.05 bits per heavy atom. The van der Waals surface area contributed by atoms with Gasteiger partial charge in [0.05, 0.1) is 18.6 Å². The fourth-order valence-electron chi connectivity index (χ4n) is 2.12. The molecule has 1 amide bonds. The van der Waals surface area contributed by atoms with Gasteiger partial charge >= 0.3 is 0 Å². The van der Waals surface area contributed by atoms with Gasteiger partial charge in [-0.05, 0) is 44.5 Å². The van der Waals surface area contributed by atoms with E-state index >= 15 is 0 Å². The molecule has 2 rings (SSSR count). The van der Waals surface area contributed by atoms with Crippen LogP contribution >= 0.6 is 0 Å². The van der Waals surface area contributed by atoms with Gasteiger partial charge in [-0.25, -0.2) is 0 Å². The van der Waals surface area contributed by atoms with Crippen molar-refractivity contribution < 1.29 is 9.53 Å².